The van der Waals surface area contributed by atoms with Gasteiger partial charge in [0.1, 0.15) is 18.2 Å². The summed E-state index contributed by atoms with van der Waals surface area (Å²) in [4.78, 5) is 28.3. The Morgan fingerprint density at radius 1 is 1.21 bits per heavy atom. The first-order valence-corrected chi connectivity index (χ1v) is 10.9. The van der Waals surface area contributed by atoms with Crippen LogP contribution in [-0.4, -0.2) is 47.6 Å². The van der Waals surface area contributed by atoms with Crippen LogP contribution < -0.4 is 5.32 Å². The van der Waals surface area contributed by atoms with Gasteiger partial charge in [-0.2, -0.15) is 0 Å². The predicted molar refractivity (Wildman–Crippen MR) is 119 cm³/mol. The van der Waals surface area contributed by atoms with E-state index >= 15 is 0 Å². The van der Waals surface area contributed by atoms with Crippen LogP contribution in [0.5, 0.6) is 0 Å². The largest absolute Gasteiger partial charge is 0.481 e. The molecule has 0 saturated carbocycles. The minimum Gasteiger partial charge on any atom is -0.481 e. The number of carbonyl (C=O) groups is 2. The minimum absolute atomic E-state index is 0.0544. The Balaban J connectivity index is 1.69. The van der Waals surface area contributed by atoms with Crippen molar-refractivity contribution < 1.29 is 19.1 Å². The first kappa shape index (κ1) is 24.1. The standard InChI is InChI=1S/C23H29FN6O3/c1-4-20(16-5-7-17(24)8-6-16)30-13-19(27-28-30)11-18(12-22(32)33)26-21(31)14-29-10-9-25-23(29)15(2)3/h5-10,13,15,18,20H,4,11-12,14H2,1-3H3,(H,26,31)(H,32,33)/t18?,20-/m1/s1. The third-order valence-corrected chi connectivity index (χ3v) is 5.34. The Morgan fingerprint density at radius 3 is 2.58 bits per heavy atom. The summed E-state index contributed by atoms with van der Waals surface area (Å²) in [7, 11) is 0. The van der Waals surface area contributed by atoms with Gasteiger partial charge in [-0.25, -0.2) is 14.1 Å². The number of aromatic nitrogens is 5. The highest BCUT2D eigenvalue weighted by Crippen LogP contribution is 2.21. The molecule has 3 rings (SSSR count). The molecule has 2 atom stereocenters. The van der Waals surface area contributed by atoms with E-state index in [4.69, 9.17) is 0 Å². The molecule has 10 heteroatoms. The number of carboxylic acids is 1. The number of carboxylic acid groups (broad SMARTS) is 1. The average molecular weight is 457 g/mol. The third-order valence-electron chi connectivity index (χ3n) is 5.34. The van der Waals surface area contributed by atoms with Crippen LogP contribution in [0.1, 0.15) is 62.7 Å². The van der Waals surface area contributed by atoms with E-state index in [1.165, 1.54) is 12.1 Å². The fourth-order valence-electron chi connectivity index (χ4n) is 3.84. The highest BCUT2D eigenvalue weighted by Gasteiger charge is 2.21. The molecule has 0 aliphatic rings. The topological polar surface area (TPSA) is 115 Å². The van der Waals surface area contributed by atoms with E-state index in [9.17, 15) is 19.1 Å². The van der Waals surface area contributed by atoms with Gasteiger partial charge in [-0.15, -0.1) is 5.10 Å². The second-order valence-electron chi connectivity index (χ2n) is 8.30. The number of carbonyl (C=O) groups excluding carboxylic acids is 1. The fraction of sp³-hybridized carbons (Fsp3) is 0.435. The van der Waals surface area contributed by atoms with E-state index in [-0.39, 0.29) is 43.1 Å². The molecular weight excluding hydrogens is 427 g/mol. The summed E-state index contributed by atoms with van der Waals surface area (Å²) in [5.74, 6) is -0.682. The zero-order valence-corrected chi connectivity index (χ0v) is 19.0. The van der Waals surface area contributed by atoms with Crippen molar-refractivity contribution in [2.24, 2.45) is 0 Å². The van der Waals surface area contributed by atoms with Crippen LogP contribution in [0, 0.1) is 5.82 Å². The number of hydrogen-bond acceptors (Lipinski definition) is 5. The van der Waals surface area contributed by atoms with E-state index in [1.54, 1.807) is 40.0 Å². The Labute approximate surface area is 191 Å². The number of nitrogens with zero attached hydrogens (tertiary/aromatic N) is 5. The van der Waals surface area contributed by atoms with E-state index in [0.717, 1.165) is 11.4 Å². The second kappa shape index (κ2) is 10.8. The summed E-state index contributed by atoms with van der Waals surface area (Å²) in [5.41, 5.74) is 1.46. The highest BCUT2D eigenvalue weighted by molar-refractivity contribution is 5.77. The smallest absolute Gasteiger partial charge is 0.305 e. The summed E-state index contributed by atoms with van der Waals surface area (Å²) < 4.78 is 16.7. The molecule has 1 aromatic carbocycles. The van der Waals surface area contributed by atoms with Crippen molar-refractivity contribution in [1.82, 2.24) is 29.9 Å². The zero-order valence-electron chi connectivity index (χ0n) is 19.0. The number of rotatable bonds is 11. The van der Waals surface area contributed by atoms with Crippen LogP contribution in [0.4, 0.5) is 4.39 Å². The Bertz CT molecular complexity index is 1080. The van der Waals surface area contributed by atoms with Gasteiger partial charge in [0.25, 0.3) is 0 Å². The number of hydrogen-bond donors (Lipinski definition) is 2. The molecule has 1 amide bonds. The van der Waals surface area contributed by atoms with Crippen LogP contribution in [-0.2, 0) is 22.6 Å². The third kappa shape index (κ3) is 6.47. The fourth-order valence-corrected chi connectivity index (χ4v) is 3.84. The normalized spacial score (nSPS) is 13.1. The first-order valence-electron chi connectivity index (χ1n) is 10.9. The van der Waals surface area contributed by atoms with Gasteiger partial charge in [0.15, 0.2) is 0 Å². The Kier molecular flexibility index (Phi) is 7.92. The second-order valence-corrected chi connectivity index (χ2v) is 8.30. The van der Waals surface area contributed by atoms with Crippen LogP contribution in [0.15, 0.2) is 42.9 Å². The SMILES string of the molecule is CC[C@H](c1ccc(F)cc1)n1cc(CC(CC(=O)O)NC(=O)Cn2ccnc2C(C)C)nn1. The molecular formula is C23H29FN6O3. The molecule has 2 aromatic heterocycles. The van der Waals surface area contributed by atoms with Crippen molar-refractivity contribution in [3.05, 3.63) is 65.8 Å². The van der Waals surface area contributed by atoms with Crippen molar-refractivity contribution >= 4 is 11.9 Å². The van der Waals surface area contributed by atoms with Gasteiger partial charge >= 0.3 is 5.97 Å². The molecule has 0 aliphatic carbocycles. The molecule has 0 fully saturated rings. The average Bonchev–Trinajstić information content (AvgIpc) is 3.39. The number of imidazole rings is 1. The number of amides is 1. The van der Waals surface area contributed by atoms with Crippen molar-refractivity contribution in [3.8, 4) is 0 Å². The lowest BCUT2D eigenvalue weighted by molar-refractivity contribution is -0.137. The van der Waals surface area contributed by atoms with Crippen molar-refractivity contribution in [1.29, 1.82) is 0 Å². The molecule has 0 aliphatic heterocycles. The minimum atomic E-state index is -1.02. The molecule has 0 saturated heterocycles. The maximum Gasteiger partial charge on any atom is 0.305 e. The summed E-state index contributed by atoms with van der Waals surface area (Å²) in [6, 6.07) is 5.45. The maximum atomic E-state index is 13.3. The van der Waals surface area contributed by atoms with Gasteiger partial charge in [0, 0.05) is 37.0 Å². The van der Waals surface area contributed by atoms with Gasteiger partial charge in [-0.05, 0) is 24.1 Å². The first-order chi connectivity index (χ1) is 15.8. The van der Waals surface area contributed by atoms with Crippen molar-refractivity contribution in [2.45, 2.75) is 64.6 Å². The molecule has 0 bridgehead atoms. The molecule has 3 aromatic rings. The highest BCUT2D eigenvalue weighted by atomic mass is 19.1. The number of halogens is 1. The van der Waals surface area contributed by atoms with Crippen LogP contribution in [0.2, 0.25) is 0 Å². The lowest BCUT2D eigenvalue weighted by Crippen LogP contribution is -2.40. The Morgan fingerprint density at radius 2 is 1.94 bits per heavy atom. The van der Waals surface area contributed by atoms with Gasteiger partial charge in [0.2, 0.25) is 5.91 Å². The van der Waals surface area contributed by atoms with E-state index in [1.807, 2.05) is 20.8 Å². The molecule has 176 valence electrons. The lowest BCUT2D eigenvalue weighted by Gasteiger charge is -2.17. The monoisotopic (exact) mass is 456 g/mol. The summed E-state index contributed by atoms with van der Waals surface area (Å²) in [5, 5.41) is 20.5. The Hall–Kier alpha value is -3.56. The number of nitrogens with one attached hydrogen (secondary N) is 1. The van der Waals surface area contributed by atoms with Gasteiger partial charge in [-0.3, -0.25) is 9.59 Å². The molecule has 33 heavy (non-hydrogen) atoms. The van der Waals surface area contributed by atoms with Gasteiger partial charge in [0.05, 0.1) is 18.2 Å². The molecule has 2 heterocycles. The van der Waals surface area contributed by atoms with Crippen LogP contribution in [0.25, 0.3) is 0 Å². The van der Waals surface area contributed by atoms with E-state index < -0.39 is 12.0 Å². The van der Waals surface area contributed by atoms with E-state index in [2.05, 4.69) is 20.6 Å². The van der Waals surface area contributed by atoms with Crippen molar-refractivity contribution in [3.63, 3.8) is 0 Å². The molecule has 9 nitrogen and oxygen atoms in total. The molecule has 2 N–H and O–H groups in total. The zero-order chi connectivity index (χ0) is 24.0. The molecule has 0 spiro atoms. The summed E-state index contributed by atoms with van der Waals surface area (Å²) in [6.07, 6.45) is 5.81. The predicted octanol–water partition coefficient (Wildman–Crippen LogP) is 2.94. The lowest BCUT2D eigenvalue weighted by atomic mass is 10.0. The number of benzene rings is 1. The van der Waals surface area contributed by atoms with Gasteiger partial charge < -0.3 is 15.0 Å². The quantitative estimate of drug-likeness (QED) is 0.458. The number of aliphatic carboxylic acids is 1. The van der Waals surface area contributed by atoms with Crippen LogP contribution >= 0.6 is 0 Å². The summed E-state index contributed by atoms with van der Waals surface area (Å²) >= 11 is 0. The van der Waals surface area contributed by atoms with E-state index in [0.29, 0.717) is 12.1 Å². The van der Waals surface area contributed by atoms with Crippen LogP contribution in [0.3, 0.4) is 0 Å². The molecule has 1 unspecified atom stereocenters. The van der Waals surface area contributed by atoms with Gasteiger partial charge in [-0.1, -0.05) is 38.1 Å². The summed E-state index contributed by atoms with van der Waals surface area (Å²) in [6.45, 7) is 6.02. The van der Waals surface area contributed by atoms with Crippen molar-refractivity contribution in [2.75, 3.05) is 0 Å². The maximum absolute atomic E-state index is 13.3. The molecule has 0 radical (unpaired) electrons.